The fourth-order valence-electron chi connectivity index (χ4n) is 4.08. The molecule has 0 atom stereocenters. The van der Waals surface area contributed by atoms with Crippen LogP contribution < -0.4 is 10.6 Å². The minimum absolute atomic E-state index is 0.0285. The van der Waals surface area contributed by atoms with Crippen LogP contribution in [0.25, 0.3) is 0 Å². The van der Waals surface area contributed by atoms with Gasteiger partial charge in [-0.2, -0.15) is 4.31 Å². The van der Waals surface area contributed by atoms with Gasteiger partial charge in [0.2, 0.25) is 25.8 Å². The van der Waals surface area contributed by atoms with E-state index in [9.17, 15) is 26.0 Å². The maximum atomic E-state index is 13.3. The van der Waals surface area contributed by atoms with E-state index in [2.05, 4.69) is 10.6 Å². The lowest BCUT2D eigenvalue weighted by Crippen LogP contribution is -2.35. The molecule has 1 aliphatic heterocycles. The van der Waals surface area contributed by atoms with Gasteiger partial charge in [-0.3, -0.25) is 4.79 Å². The van der Waals surface area contributed by atoms with Gasteiger partial charge in [0.1, 0.15) is 5.82 Å². The van der Waals surface area contributed by atoms with E-state index in [1.54, 1.807) is 19.1 Å². The van der Waals surface area contributed by atoms with Crippen LogP contribution >= 0.6 is 0 Å². The number of nitrogens with zero attached hydrogens (tertiary/aromatic N) is 1. The standard InChI is InChI=1S/C26H28FN3O5S2/c1-19-5-14-24(25(17-19)36(32,33)22-10-6-20(27)7-11-22)28-18-26(31)29-21-8-12-23(13-9-21)37(34,35)30-15-3-2-4-16-30/h5-14,17,28H,2-4,15-16,18H2,1H3,(H,29,31). The first-order valence-corrected chi connectivity index (χ1v) is 14.7. The van der Waals surface area contributed by atoms with Crippen molar-refractivity contribution in [2.24, 2.45) is 0 Å². The number of halogens is 1. The van der Waals surface area contributed by atoms with Crippen molar-refractivity contribution in [3.8, 4) is 0 Å². The van der Waals surface area contributed by atoms with Crippen molar-refractivity contribution >= 4 is 37.1 Å². The van der Waals surface area contributed by atoms with E-state index in [4.69, 9.17) is 0 Å². The van der Waals surface area contributed by atoms with Gasteiger partial charge in [0.05, 0.1) is 26.9 Å². The van der Waals surface area contributed by atoms with Crippen molar-refractivity contribution in [2.45, 2.75) is 40.9 Å². The van der Waals surface area contributed by atoms with Crippen molar-refractivity contribution in [1.82, 2.24) is 4.31 Å². The number of sulfonamides is 1. The van der Waals surface area contributed by atoms with Crippen LogP contribution in [0.1, 0.15) is 24.8 Å². The Kier molecular flexibility index (Phi) is 7.96. The van der Waals surface area contributed by atoms with E-state index >= 15 is 0 Å². The number of amides is 1. The summed E-state index contributed by atoms with van der Waals surface area (Å²) in [6, 6.07) is 15.3. The minimum atomic E-state index is -3.97. The fourth-order valence-corrected chi connectivity index (χ4v) is 7.12. The van der Waals surface area contributed by atoms with Gasteiger partial charge in [-0.1, -0.05) is 12.5 Å². The highest BCUT2D eigenvalue weighted by Crippen LogP contribution is 2.29. The van der Waals surface area contributed by atoms with Crippen LogP contribution in [-0.4, -0.2) is 46.7 Å². The zero-order valence-corrected chi connectivity index (χ0v) is 21.9. The summed E-state index contributed by atoms with van der Waals surface area (Å²) < 4.78 is 66.7. The van der Waals surface area contributed by atoms with Gasteiger partial charge in [0.15, 0.2) is 0 Å². The summed E-state index contributed by atoms with van der Waals surface area (Å²) in [5, 5.41) is 5.54. The number of anilines is 2. The Balaban J connectivity index is 1.44. The van der Waals surface area contributed by atoms with E-state index in [0.29, 0.717) is 24.3 Å². The Morgan fingerprint density at radius 2 is 1.49 bits per heavy atom. The molecular weight excluding hydrogens is 517 g/mol. The van der Waals surface area contributed by atoms with Crippen molar-refractivity contribution < 1.29 is 26.0 Å². The normalized spacial score (nSPS) is 14.8. The molecule has 0 saturated carbocycles. The molecule has 4 rings (SSSR count). The Labute approximate surface area is 216 Å². The lowest BCUT2D eigenvalue weighted by molar-refractivity contribution is -0.114. The van der Waals surface area contributed by atoms with Crippen LogP contribution in [0.2, 0.25) is 0 Å². The SMILES string of the molecule is Cc1ccc(NCC(=O)Nc2ccc(S(=O)(=O)N3CCCCC3)cc2)c(S(=O)(=O)c2ccc(F)cc2)c1. The van der Waals surface area contributed by atoms with Crippen molar-refractivity contribution in [3.63, 3.8) is 0 Å². The van der Waals surface area contributed by atoms with Gasteiger partial charge in [-0.15, -0.1) is 0 Å². The molecule has 0 bridgehead atoms. The Morgan fingerprint density at radius 3 is 2.14 bits per heavy atom. The van der Waals surface area contributed by atoms with Gasteiger partial charge >= 0.3 is 0 Å². The van der Waals surface area contributed by atoms with Gasteiger partial charge < -0.3 is 10.6 Å². The molecule has 0 radical (unpaired) electrons. The summed E-state index contributed by atoms with van der Waals surface area (Å²) in [4.78, 5) is 12.6. The van der Waals surface area contributed by atoms with Crippen LogP contribution in [0.15, 0.2) is 81.4 Å². The monoisotopic (exact) mass is 545 g/mol. The lowest BCUT2D eigenvalue weighted by atomic mass is 10.2. The molecule has 1 aliphatic rings. The lowest BCUT2D eigenvalue weighted by Gasteiger charge is -2.25. The van der Waals surface area contributed by atoms with Gasteiger partial charge in [-0.25, -0.2) is 21.2 Å². The number of nitrogens with one attached hydrogen (secondary N) is 2. The number of aryl methyl sites for hydroxylation is 1. The first-order valence-electron chi connectivity index (χ1n) is 11.8. The molecule has 1 heterocycles. The second-order valence-corrected chi connectivity index (χ2v) is 12.7. The molecule has 1 amide bonds. The minimum Gasteiger partial charge on any atom is -0.375 e. The first-order chi connectivity index (χ1) is 17.6. The highest BCUT2D eigenvalue weighted by atomic mass is 32.2. The molecule has 3 aromatic rings. The molecule has 37 heavy (non-hydrogen) atoms. The van der Waals surface area contributed by atoms with Gasteiger partial charge in [0.25, 0.3) is 0 Å². The Bertz CT molecular complexity index is 1480. The topological polar surface area (TPSA) is 113 Å². The summed E-state index contributed by atoms with van der Waals surface area (Å²) in [6.07, 6.45) is 2.70. The number of hydrogen-bond donors (Lipinski definition) is 2. The van der Waals surface area contributed by atoms with Crippen LogP contribution in [0.3, 0.4) is 0 Å². The molecule has 2 N–H and O–H groups in total. The smallest absolute Gasteiger partial charge is 0.243 e. The van der Waals surface area contributed by atoms with E-state index in [0.717, 1.165) is 31.4 Å². The van der Waals surface area contributed by atoms with E-state index < -0.39 is 31.6 Å². The van der Waals surface area contributed by atoms with Crippen LogP contribution in [0.5, 0.6) is 0 Å². The van der Waals surface area contributed by atoms with Crippen LogP contribution in [-0.2, 0) is 24.7 Å². The molecule has 8 nitrogen and oxygen atoms in total. The summed E-state index contributed by atoms with van der Waals surface area (Å²) in [7, 11) is -7.54. The number of benzene rings is 3. The molecule has 1 saturated heterocycles. The number of carbonyl (C=O) groups is 1. The molecular formula is C26H28FN3O5S2. The van der Waals surface area contributed by atoms with Crippen LogP contribution in [0, 0.1) is 12.7 Å². The quantitative estimate of drug-likeness (QED) is 0.411. The molecule has 11 heteroatoms. The molecule has 0 aliphatic carbocycles. The van der Waals surface area contributed by atoms with E-state index in [1.807, 2.05) is 0 Å². The predicted octanol–water partition coefficient (Wildman–Crippen LogP) is 4.19. The summed E-state index contributed by atoms with van der Waals surface area (Å²) in [5.41, 5.74) is 1.34. The summed E-state index contributed by atoms with van der Waals surface area (Å²) in [6.45, 7) is 2.52. The second kappa shape index (κ2) is 11.0. The first kappa shape index (κ1) is 26.8. The molecule has 0 unspecified atom stereocenters. The second-order valence-electron chi connectivity index (χ2n) is 8.85. The third-order valence-electron chi connectivity index (χ3n) is 6.08. The number of sulfone groups is 1. The number of carbonyl (C=O) groups excluding carboxylic acids is 1. The number of rotatable bonds is 8. The third kappa shape index (κ3) is 6.17. The van der Waals surface area contributed by atoms with E-state index in [1.165, 1.54) is 46.8 Å². The molecule has 196 valence electrons. The van der Waals surface area contributed by atoms with Crippen molar-refractivity contribution in [2.75, 3.05) is 30.3 Å². The zero-order chi connectivity index (χ0) is 26.6. The highest BCUT2D eigenvalue weighted by Gasteiger charge is 2.26. The molecule has 0 aromatic heterocycles. The molecule has 3 aromatic carbocycles. The number of piperidine rings is 1. The average molecular weight is 546 g/mol. The maximum Gasteiger partial charge on any atom is 0.243 e. The predicted molar refractivity (Wildman–Crippen MR) is 139 cm³/mol. The molecule has 0 spiro atoms. The van der Waals surface area contributed by atoms with Gasteiger partial charge in [0, 0.05) is 18.8 Å². The Hall–Kier alpha value is -3.28. The van der Waals surface area contributed by atoms with Gasteiger partial charge in [-0.05, 0) is 86.0 Å². The summed E-state index contributed by atoms with van der Waals surface area (Å²) in [5.74, 6) is -0.993. The van der Waals surface area contributed by atoms with Crippen molar-refractivity contribution in [1.29, 1.82) is 0 Å². The van der Waals surface area contributed by atoms with Crippen molar-refractivity contribution in [3.05, 3.63) is 78.1 Å². The largest absolute Gasteiger partial charge is 0.375 e. The highest BCUT2D eigenvalue weighted by molar-refractivity contribution is 7.91. The summed E-state index contributed by atoms with van der Waals surface area (Å²) >= 11 is 0. The zero-order valence-electron chi connectivity index (χ0n) is 20.3. The Morgan fingerprint density at radius 1 is 0.865 bits per heavy atom. The average Bonchev–Trinajstić information content (AvgIpc) is 2.89. The fraction of sp³-hybridized carbons (Fsp3) is 0.269. The van der Waals surface area contributed by atoms with Crippen LogP contribution in [0.4, 0.5) is 15.8 Å². The third-order valence-corrected chi connectivity index (χ3v) is 9.80. The maximum absolute atomic E-state index is 13.3. The number of hydrogen-bond acceptors (Lipinski definition) is 6. The van der Waals surface area contributed by atoms with E-state index in [-0.39, 0.29) is 26.9 Å². The molecule has 1 fully saturated rings.